The van der Waals surface area contributed by atoms with Crippen LogP contribution in [-0.2, 0) is 6.61 Å². The van der Waals surface area contributed by atoms with Gasteiger partial charge in [0.25, 0.3) is 0 Å². The maximum absolute atomic E-state index is 12.9. The Kier molecular flexibility index (Phi) is 5.42. The van der Waals surface area contributed by atoms with Crippen LogP contribution in [-0.4, -0.2) is 7.11 Å². The summed E-state index contributed by atoms with van der Waals surface area (Å²) >= 11 is 0. The summed E-state index contributed by atoms with van der Waals surface area (Å²) in [5.74, 6) is 1.02. The molecule has 2 heterocycles. The number of hydrogen-bond donors (Lipinski definition) is 0. The van der Waals surface area contributed by atoms with E-state index >= 15 is 0 Å². The second-order valence-electron chi connectivity index (χ2n) is 8.18. The first-order valence-corrected chi connectivity index (χ1v) is 10.8. The summed E-state index contributed by atoms with van der Waals surface area (Å²) in [4.78, 5) is 25.2. The van der Waals surface area contributed by atoms with Crippen LogP contribution in [0.5, 0.6) is 11.5 Å². The summed E-state index contributed by atoms with van der Waals surface area (Å²) in [6.07, 6.45) is 0. The third-order valence-corrected chi connectivity index (χ3v) is 5.85. The van der Waals surface area contributed by atoms with Gasteiger partial charge < -0.3 is 18.3 Å². The van der Waals surface area contributed by atoms with E-state index in [1.165, 1.54) is 13.2 Å². The van der Waals surface area contributed by atoms with Gasteiger partial charge in [-0.2, -0.15) is 0 Å². The van der Waals surface area contributed by atoms with Gasteiger partial charge >= 0.3 is 11.3 Å². The van der Waals surface area contributed by atoms with E-state index in [0.29, 0.717) is 45.6 Å². The largest absolute Gasteiger partial charge is 0.493 e. The lowest BCUT2D eigenvalue weighted by Crippen LogP contribution is -2.07. The molecule has 0 radical (unpaired) electrons. The fraction of sp³-hybridized carbons (Fsp3) is 0.143. The van der Waals surface area contributed by atoms with E-state index < -0.39 is 11.3 Å². The Morgan fingerprint density at radius 3 is 2.53 bits per heavy atom. The van der Waals surface area contributed by atoms with Crippen LogP contribution in [0.15, 0.2) is 85.2 Å². The van der Waals surface area contributed by atoms with Gasteiger partial charge in [0.05, 0.1) is 12.7 Å². The lowest BCUT2D eigenvalue weighted by atomic mass is 10.0. The normalized spacial score (nSPS) is 11.1. The van der Waals surface area contributed by atoms with Gasteiger partial charge in [0.1, 0.15) is 17.9 Å². The van der Waals surface area contributed by atoms with E-state index in [0.717, 1.165) is 16.7 Å². The summed E-state index contributed by atoms with van der Waals surface area (Å²) in [6.45, 7) is 4.46. The predicted octanol–water partition coefficient (Wildman–Crippen LogP) is 5.77. The molecule has 0 amide bonds. The molecule has 0 bridgehead atoms. The maximum atomic E-state index is 12.9. The van der Waals surface area contributed by atoms with Crippen LogP contribution in [0, 0.1) is 13.8 Å². The van der Waals surface area contributed by atoms with Gasteiger partial charge in [-0.3, -0.25) is 0 Å². The standard InChI is InChI=1S/C28H22O6/c1-16-7-8-17(2)19(11-16)15-32-20-9-10-21-22(14-26(29)33-25(21)13-20)23-12-18-5-4-6-24(31-3)27(18)34-28(23)30/h4-14H,15H2,1-3H3. The van der Waals surface area contributed by atoms with Crippen molar-refractivity contribution in [2.45, 2.75) is 20.5 Å². The van der Waals surface area contributed by atoms with Crippen molar-refractivity contribution in [1.82, 2.24) is 0 Å². The molecular formula is C28H22O6. The van der Waals surface area contributed by atoms with Crippen molar-refractivity contribution in [2.24, 2.45) is 0 Å². The molecule has 6 heteroatoms. The summed E-state index contributed by atoms with van der Waals surface area (Å²) in [7, 11) is 1.51. The van der Waals surface area contributed by atoms with Gasteiger partial charge in [-0.05, 0) is 49.2 Å². The molecule has 5 aromatic rings. The number of rotatable bonds is 5. The number of benzene rings is 3. The Hall–Kier alpha value is -4.32. The third kappa shape index (κ3) is 3.94. The average Bonchev–Trinajstić information content (AvgIpc) is 2.83. The highest BCUT2D eigenvalue weighted by Gasteiger charge is 2.16. The quantitative estimate of drug-likeness (QED) is 0.314. The second kappa shape index (κ2) is 8.56. The zero-order chi connectivity index (χ0) is 23.8. The van der Waals surface area contributed by atoms with Gasteiger partial charge in [-0.1, -0.05) is 35.9 Å². The molecule has 0 N–H and O–H groups in total. The lowest BCUT2D eigenvalue weighted by Gasteiger charge is -2.11. The van der Waals surface area contributed by atoms with Crippen LogP contribution < -0.4 is 20.7 Å². The number of hydrogen-bond acceptors (Lipinski definition) is 6. The van der Waals surface area contributed by atoms with Crippen molar-refractivity contribution in [3.63, 3.8) is 0 Å². The molecule has 5 rings (SSSR count). The van der Waals surface area contributed by atoms with E-state index in [4.69, 9.17) is 18.3 Å². The molecule has 0 saturated carbocycles. The molecule has 2 aromatic heterocycles. The van der Waals surface area contributed by atoms with Crippen molar-refractivity contribution in [3.05, 3.63) is 104 Å². The van der Waals surface area contributed by atoms with Gasteiger partial charge in [0.15, 0.2) is 11.3 Å². The van der Waals surface area contributed by atoms with Crippen molar-refractivity contribution in [3.8, 4) is 22.6 Å². The topological polar surface area (TPSA) is 78.9 Å². The van der Waals surface area contributed by atoms with Gasteiger partial charge in [0.2, 0.25) is 0 Å². The number of aryl methyl sites for hydroxylation is 2. The van der Waals surface area contributed by atoms with E-state index in [1.54, 1.807) is 30.3 Å². The minimum absolute atomic E-state index is 0.266. The first-order valence-electron chi connectivity index (χ1n) is 10.8. The average molecular weight is 454 g/mol. The molecule has 170 valence electrons. The predicted molar refractivity (Wildman–Crippen MR) is 131 cm³/mol. The zero-order valence-electron chi connectivity index (χ0n) is 19.0. The Labute approximate surface area is 195 Å². The maximum Gasteiger partial charge on any atom is 0.344 e. The molecule has 6 nitrogen and oxygen atoms in total. The molecule has 0 saturated heterocycles. The highest BCUT2D eigenvalue weighted by atomic mass is 16.5. The third-order valence-electron chi connectivity index (χ3n) is 5.85. The molecule has 0 aliphatic rings. The highest BCUT2D eigenvalue weighted by Crippen LogP contribution is 2.32. The van der Waals surface area contributed by atoms with Gasteiger partial charge in [-0.25, -0.2) is 9.59 Å². The summed E-state index contributed by atoms with van der Waals surface area (Å²) in [6, 6.07) is 19.8. The molecule has 0 atom stereocenters. The SMILES string of the molecule is COc1cccc2cc(-c3cc(=O)oc4cc(OCc5cc(C)ccc5C)ccc34)c(=O)oc12. The van der Waals surface area contributed by atoms with Crippen LogP contribution in [0.3, 0.4) is 0 Å². The van der Waals surface area contributed by atoms with Crippen molar-refractivity contribution < 1.29 is 18.3 Å². The molecule has 0 fully saturated rings. The number of para-hydroxylation sites is 1. The Morgan fingerprint density at radius 2 is 1.71 bits per heavy atom. The van der Waals surface area contributed by atoms with Crippen LogP contribution in [0.1, 0.15) is 16.7 Å². The monoisotopic (exact) mass is 454 g/mol. The van der Waals surface area contributed by atoms with Gasteiger partial charge in [0, 0.05) is 28.5 Å². The van der Waals surface area contributed by atoms with Crippen LogP contribution in [0.4, 0.5) is 0 Å². The molecule has 0 spiro atoms. The van der Waals surface area contributed by atoms with Crippen LogP contribution >= 0.6 is 0 Å². The molecule has 0 unspecified atom stereocenters. The second-order valence-corrected chi connectivity index (χ2v) is 8.18. The minimum atomic E-state index is -0.570. The highest BCUT2D eigenvalue weighted by molar-refractivity contribution is 5.96. The Bertz CT molecular complexity index is 1660. The molecule has 3 aromatic carbocycles. The number of ether oxygens (including phenoxy) is 2. The summed E-state index contributed by atoms with van der Waals surface area (Å²) < 4.78 is 22.2. The lowest BCUT2D eigenvalue weighted by molar-refractivity contribution is 0.305. The molecular weight excluding hydrogens is 432 g/mol. The summed E-state index contributed by atoms with van der Waals surface area (Å²) in [5, 5.41) is 1.29. The van der Waals surface area contributed by atoms with Crippen molar-refractivity contribution in [1.29, 1.82) is 0 Å². The van der Waals surface area contributed by atoms with Gasteiger partial charge in [-0.15, -0.1) is 0 Å². The fourth-order valence-corrected chi connectivity index (χ4v) is 4.04. The first-order chi connectivity index (χ1) is 16.4. The molecule has 34 heavy (non-hydrogen) atoms. The smallest absolute Gasteiger partial charge is 0.344 e. The molecule has 0 aliphatic carbocycles. The van der Waals surface area contributed by atoms with E-state index in [1.807, 2.05) is 26.0 Å². The molecule has 0 aliphatic heterocycles. The Balaban J connectivity index is 1.57. The number of fused-ring (bicyclic) bond motifs is 2. The van der Waals surface area contributed by atoms with E-state index in [2.05, 4.69) is 18.2 Å². The number of methoxy groups -OCH3 is 1. The van der Waals surface area contributed by atoms with Crippen molar-refractivity contribution >= 4 is 21.9 Å². The zero-order valence-corrected chi connectivity index (χ0v) is 19.0. The Morgan fingerprint density at radius 1 is 0.853 bits per heavy atom. The van der Waals surface area contributed by atoms with Crippen LogP contribution in [0.2, 0.25) is 0 Å². The minimum Gasteiger partial charge on any atom is -0.493 e. The fourth-order valence-electron chi connectivity index (χ4n) is 4.04. The summed E-state index contributed by atoms with van der Waals surface area (Å²) in [5.41, 5.74) is 3.62. The first kappa shape index (κ1) is 21.5. The van der Waals surface area contributed by atoms with Crippen molar-refractivity contribution in [2.75, 3.05) is 7.11 Å². The van der Waals surface area contributed by atoms with E-state index in [-0.39, 0.29) is 5.56 Å². The van der Waals surface area contributed by atoms with Crippen LogP contribution in [0.25, 0.3) is 33.1 Å². The van der Waals surface area contributed by atoms with E-state index in [9.17, 15) is 9.59 Å².